The van der Waals surface area contributed by atoms with Crippen LogP contribution in [0.15, 0.2) is 181 Å². The smallest absolute Gasteiger partial charge is 0.0864 e. The van der Waals surface area contributed by atoms with Gasteiger partial charge in [0.2, 0.25) is 0 Å². The third-order valence-electron chi connectivity index (χ3n) is 14.8. The zero-order valence-electron chi connectivity index (χ0n) is 34.6. The van der Waals surface area contributed by atoms with Crippen molar-refractivity contribution in [2.75, 3.05) is 0 Å². The number of fused-ring (bicyclic) bond motifs is 9. The number of rotatable bonds is 6. The molecule has 0 amide bonds. The average Bonchev–Trinajstić information content (AvgIpc) is 3.74. The number of hydrogen-bond acceptors (Lipinski definition) is 4. The lowest BCUT2D eigenvalue weighted by Gasteiger charge is -2.50. The maximum Gasteiger partial charge on any atom is 0.0864 e. The van der Waals surface area contributed by atoms with Crippen molar-refractivity contribution in [1.82, 2.24) is 16.0 Å². The first-order valence-electron chi connectivity index (χ1n) is 22.8. The van der Waals surface area contributed by atoms with Crippen LogP contribution in [0.3, 0.4) is 0 Å². The molecule has 5 aromatic carbocycles. The van der Waals surface area contributed by atoms with Crippen LogP contribution in [0.2, 0.25) is 0 Å². The van der Waals surface area contributed by atoms with E-state index < -0.39 is 0 Å². The first-order valence-corrected chi connectivity index (χ1v) is 23.6. The molecule has 2 heterocycles. The molecule has 1 fully saturated rings. The van der Waals surface area contributed by atoms with Gasteiger partial charge < -0.3 is 0 Å². The molecular formula is C57H53N3S. The number of nitrogens with one attached hydrogen (secondary N) is 3. The van der Waals surface area contributed by atoms with Gasteiger partial charge in [0.25, 0.3) is 0 Å². The van der Waals surface area contributed by atoms with Crippen molar-refractivity contribution in [2.45, 2.75) is 81.2 Å². The fourth-order valence-electron chi connectivity index (χ4n) is 12.0. The van der Waals surface area contributed by atoms with Crippen LogP contribution >= 0.6 is 11.3 Å². The highest BCUT2D eigenvalue weighted by atomic mass is 32.1. The molecule has 6 aromatic rings. The SMILES string of the molecule is C1=CCCC(C2NC(C3=CC4c5ccccc5C5C=CC=CC5C4C(c4cccc5sc6cccc(C7=CCCCC7)c6c45)C3)NC(c3ccc(-c4ccccc4)cc3)N2)=C1. The number of benzene rings is 5. The first-order chi connectivity index (χ1) is 30.2. The van der Waals surface area contributed by atoms with Gasteiger partial charge in [0.05, 0.1) is 18.5 Å². The summed E-state index contributed by atoms with van der Waals surface area (Å²) in [5.41, 5.74) is 14.2. The molecule has 6 aliphatic rings. The van der Waals surface area contributed by atoms with Crippen LogP contribution in [0.1, 0.15) is 96.7 Å². The molecule has 0 bridgehead atoms. The largest absolute Gasteiger partial charge is 0.279 e. The zero-order chi connectivity index (χ0) is 40.3. The predicted molar refractivity (Wildman–Crippen MR) is 256 cm³/mol. The maximum absolute atomic E-state index is 4.17. The number of allylic oxidation sites excluding steroid dienone is 10. The fourth-order valence-corrected chi connectivity index (χ4v) is 13.2. The van der Waals surface area contributed by atoms with Gasteiger partial charge in [0.1, 0.15) is 0 Å². The molecule has 12 rings (SSSR count). The van der Waals surface area contributed by atoms with E-state index in [1.165, 1.54) is 95.9 Å². The van der Waals surface area contributed by atoms with E-state index in [2.05, 4.69) is 186 Å². The number of thiophene rings is 1. The highest BCUT2D eigenvalue weighted by Crippen LogP contribution is 2.59. The highest BCUT2D eigenvalue weighted by molar-refractivity contribution is 7.25. The molecule has 4 heteroatoms. The fraction of sp³-hybridized carbons (Fsp3) is 0.263. The summed E-state index contributed by atoms with van der Waals surface area (Å²) in [6.07, 6.45) is 29.9. The second-order valence-corrected chi connectivity index (χ2v) is 19.2. The Morgan fingerprint density at radius 1 is 0.541 bits per heavy atom. The van der Waals surface area contributed by atoms with Gasteiger partial charge in [0.15, 0.2) is 0 Å². The van der Waals surface area contributed by atoms with Crippen LogP contribution in [-0.4, -0.2) is 12.3 Å². The lowest BCUT2D eigenvalue weighted by Crippen LogP contribution is -2.64. The van der Waals surface area contributed by atoms with Crippen LogP contribution in [0.25, 0.3) is 36.9 Å². The van der Waals surface area contributed by atoms with Gasteiger partial charge in [-0.3, -0.25) is 16.0 Å². The molecule has 8 unspecified atom stereocenters. The van der Waals surface area contributed by atoms with Crippen molar-refractivity contribution in [3.63, 3.8) is 0 Å². The van der Waals surface area contributed by atoms with Crippen molar-refractivity contribution in [3.8, 4) is 11.1 Å². The molecule has 0 saturated carbocycles. The van der Waals surface area contributed by atoms with Crippen LogP contribution < -0.4 is 16.0 Å². The van der Waals surface area contributed by atoms with E-state index in [0.29, 0.717) is 29.6 Å². The quantitative estimate of drug-likeness (QED) is 0.147. The van der Waals surface area contributed by atoms with E-state index in [1.54, 1.807) is 5.57 Å². The predicted octanol–water partition coefficient (Wildman–Crippen LogP) is 13.7. The number of hydrogen-bond donors (Lipinski definition) is 3. The summed E-state index contributed by atoms with van der Waals surface area (Å²) in [4.78, 5) is 0. The molecule has 5 aliphatic carbocycles. The Balaban J connectivity index is 1.01. The van der Waals surface area contributed by atoms with Crippen LogP contribution in [0, 0.1) is 11.8 Å². The van der Waals surface area contributed by atoms with Crippen molar-refractivity contribution < 1.29 is 0 Å². The van der Waals surface area contributed by atoms with Gasteiger partial charge >= 0.3 is 0 Å². The van der Waals surface area contributed by atoms with Crippen molar-refractivity contribution >= 4 is 37.1 Å². The molecule has 1 aliphatic heterocycles. The Hall–Kier alpha value is -5.36. The zero-order valence-corrected chi connectivity index (χ0v) is 35.5. The molecule has 0 spiro atoms. The summed E-state index contributed by atoms with van der Waals surface area (Å²) in [6.45, 7) is 0. The van der Waals surface area contributed by atoms with Gasteiger partial charge in [-0.25, -0.2) is 0 Å². The molecule has 1 saturated heterocycles. The minimum atomic E-state index is -0.0185. The average molecular weight is 812 g/mol. The van der Waals surface area contributed by atoms with E-state index >= 15 is 0 Å². The van der Waals surface area contributed by atoms with Crippen LogP contribution in [0.5, 0.6) is 0 Å². The van der Waals surface area contributed by atoms with Gasteiger partial charge in [-0.2, -0.15) is 0 Å². The van der Waals surface area contributed by atoms with E-state index in [9.17, 15) is 0 Å². The topological polar surface area (TPSA) is 36.1 Å². The summed E-state index contributed by atoms with van der Waals surface area (Å²) in [6, 6.07) is 43.7. The van der Waals surface area contributed by atoms with E-state index in [4.69, 9.17) is 0 Å². The van der Waals surface area contributed by atoms with E-state index in [1.807, 2.05) is 11.3 Å². The maximum atomic E-state index is 4.17. The second-order valence-electron chi connectivity index (χ2n) is 18.1. The summed E-state index contributed by atoms with van der Waals surface area (Å²) in [7, 11) is 0. The van der Waals surface area contributed by atoms with Gasteiger partial charge in [-0.05, 0) is 130 Å². The minimum Gasteiger partial charge on any atom is -0.279 e. The molecule has 0 radical (unpaired) electrons. The molecule has 1 aromatic heterocycles. The Labute approximate surface area is 364 Å². The van der Waals surface area contributed by atoms with Crippen molar-refractivity contribution in [2.24, 2.45) is 11.8 Å². The second kappa shape index (κ2) is 15.8. The van der Waals surface area contributed by atoms with Crippen molar-refractivity contribution in [1.29, 1.82) is 0 Å². The normalized spacial score (nSPS) is 28.1. The van der Waals surface area contributed by atoms with Crippen LogP contribution in [-0.2, 0) is 0 Å². The minimum absolute atomic E-state index is 0.00615. The Bertz CT molecular complexity index is 2820. The Morgan fingerprint density at radius 3 is 2.07 bits per heavy atom. The molecule has 302 valence electrons. The van der Waals surface area contributed by atoms with E-state index in [-0.39, 0.29) is 18.5 Å². The summed E-state index contributed by atoms with van der Waals surface area (Å²) < 4.78 is 2.84. The Morgan fingerprint density at radius 2 is 1.26 bits per heavy atom. The molecule has 3 N–H and O–H groups in total. The van der Waals surface area contributed by atoms with Crippen molar-refractivity contribution in [3.05, 3.63) is 209 Å². The highest BCUT2D eigenvalue weighted by Gasteiger charge is 2.48. The lowest BCUT2D eigenvalue weighted by atomic mass is 9.54. The standard InChI is InChI=1S/C57H53N3S/c1-4-16-36(17-5-1)37-30-32-40(33-31-37)56-58-55(39-20-8-3-9-21-39)59-57(60-56)41-34-48-45-24-11-10-22-43(45)44-23-12-13-25-46(44)52(48)49(35-41)47-27-15-29-51-54(47)53-42(26-14-28-50(53)61-51)38-18-6-2-7-19-38/h1,3-5,8,10-18,20,22-34,44,46,48-49,52,55-60H,2,6-7,9,19,21,35H2. The monoisotopic (exact) mass is 811 g/mol. The summed E-state index contributed by atoms with van der Waals surface area (Å²) in [5.74, 6) is 1.85. The van der Waals surface area contributed by atoms with E-state index in [0.717, 1.165) is 19.3 Å². The molecule has 8 atom stereocenters. The van der Waals surface area contributed by atoms with Gasteiger partial charge in [0, 0.05) is 32.0 Å². The first kappa shape index (κ1) is 37.4. The molecule has 61 heavy (non-hydrogen) atoms. The molecular weight excluding hydrogens is 759 g/mol. The Kier molecular flexibility index (Phi) is 9.71. The van der Waals surface area contributed by atoms with Crippen LogP contribution in [0.4, 0.5) is 0 Å². The lowest BCUT2D eigenvalue weighted by molar-refractivity contribution is 0.209. The van der Waals surface area contributed by atoms with Gasteiger partial charge in [-0.15, -0.1) is 11.3 Å². The summed E-state index contributed by atoms with van der Waals surface area (Å²) in [5, 5.41) is 15.3. The molecule has 3 nitrogen and oxygen atoms in total. The third kappa shape index (κ3) is 6.67. The third-order valence-corrected chi connectivity index (χ3v) is 15.9. The summed E-state index contributed by atoms with van der Waals surface area (Å²) >= 11 is 1.99. The van der Waals surface area contributed by atoms with Gasteiger partial charge in [-0.1, -0.05) is 158 Å².